The molecule has 2 nitrogen and oxygen atoms in total. The van der Waals surface area contributed by atoms with Gasteiger partial charge in [0.2, 0.25) is 0 Å². The van der Waals surface area contributed by atoms with Gasteiger partial charge in [0.25, 0.3) is 0 Å². The molecule has 6 aromatic carbocycles. The van der Waals surface area contributed by atoms with Gasteiger partial charge >= 0.3 is 0 Å². The highest BCUT2D eigenvalue weighted by Crippen LogP contribution is 2.36. The smallest absolute Gasteiger partial charge is 0.0991 e. The zero-order valence-corrected chi connectivity index (χ0v) is 20.6. The summed E-state index contributed by atoms with van der Waals surface area (Å²) in [4.78, 5) is 5.01. The molecule has 0 saturated carbocycles. The summed E-state index contributed by atoms with van der Waals surface area (Å²) in [7, 11) is 0. The van der Waals surface area contributed by atoms with E-state index in [4.69, 9.17) is 10.2 Å². The second-order valence-electron chi connectivity index (χ2n) is 9.56. The fraction of sp³-hybridized carbons (Fsp3) is 0. The summed E-state index contributed by atoms with van der Waals surface area (Å²) in [5.74, 6) is 0. The molecule has 0 aliphatic heterocycles. The van der Waals surface area contributed by atoms with Gasteiger partial charge in [0, 0.05) is 10.8 Å². The summed E-state index contributed by atoms with van der Waals surface area (Å²) in [6, 6.07) is 48.7. The number of fused-ring (bicyclic) bond motifs is 4. The van der Waals surface area contributed by atoms with Crippen LogP contribution in [0.25, 0.3) is 66.0 Å². The predicted molar refractivity (Wildman–Crippen MR) is 158 cm³/mol. The average molecular weight is 483 g/mol. The lowest BCUT2D eigenvalue weighted by molar-refractivity contribution is 1.48. The maximum atomic E-state index is 9.04. The van der Waals surface area contributed by atoms with Gasteiger partial charge in [-0.1, -0.05) is 103 Å². The molecule has 0 N–H and O–H groups in total. The molecule has 176 valence electrons. The van der Waals surface area contributed by atoms with Crippen LogP contribution < -0.4 is 0 Å². The van der Waals surface area contributed by atoms with E-state index in [1.807, 2.05) is 30.3 Å². The van der Waals surface area contributed by atoms with Gasteiger partial charge in [0.15, 0.2) is 0 Å². The lowest BCUT2D eigenvalue weighted by Gasteiger charge is -2.12. The third-order valence-corrected chi connectivity index (χ3v) is 7.30. The van der Waals surface area contributed by atoms with E-state index in [-0.39, 0.29) is 0 Å². The second kappa shape index (κ2) is 9.00. The Morgan fingerprint density at radius 3 is 1.61 bits per heavy atom. The molecular weight excluding hydrogens is 460 g/mol. The van der Waals surface area contributed by atoms with Crippen molar-refractivity contribution in [3.8, 4) is 39.4 Å². The number of nitriles is 1. The third-order valence-electron chi connectivity index (χ3n) is 7.30. The Labute approximate surface area is 221 Å². The minimum atomic E-state index is 0.675. The number of hydrogen-bond acceptors (Lipinski definition) is 2. The molecule has 1 heterocycles. The standard InChI is InChI=1S/C36H22N2/c37-23-24-9-11-25(12-10-24)26-13-15-27(16-14-26)28-17-19-29(20-18-28)33-22-36-34(32-7-3-2-6-31(32)33)21-30-5-1-4-8-35(30)38-36/h1-22H. The van der Waals surface area contributed by atoms with Gasteiger partial charge in [-0.3, -0.25) is 0 Å². The van der Waals surface area contributed by atoms with Crippen LogP contribution in [0.1, 0.15) is 5.56 Å². The van der Waals surface area contributed by atoms with Gasteiger partial charge in [-0.2, -0.15) is 5.26 Å². The van der Waals surface area contributed by atoms with Crippen LogP contribution in [0.15, 0.2) is 133 Å². The van der Waals surface area contributed by atoms with Crippen molar-refractivity contribution in [1.82, 2.24) is 4.98 Å². The molecule has 0 fully saturated rings. The minimum absolute atomic E-state index is 0.675. The molecule has 0 unspecified atom stereocenters. The average Bonchev–Trinajstić information content (AvgIpc) is 3.00. The fourth-order valence-electron chi connectivity index (χ4n) is 5.30. The van der Waals surface area contributed by atoms with Crippen molar-refractivity contribution in [1.29, 1.82) is 5.26 Å². The van der Waals surface area contributed by atoms with E-state index in [2.05, 4.69) is 109 Å². The van der Waals surface area contributed by atoms with Gasteiger partial charge < -0.3 is 0 Å². The van der Waals surface area contributed by atoms with E-state index in [9.17, 15) is 0 Å². The van der Waals surface area contributed by atoms with Gasteiger partial charge in [-0.15, -0.1) is 0 Å². The number of benzene rings is 6. The van der Waals surface area contributed by atoms with Crippen LogP contribution >= 0.6 is 0 Å². The van der Waals surface area contributed by atoms with Gasteiger partial charge in [0.05, 0.1) is 22.7 Å². The second-order valence-corrected chi connectivity index (χ2v) is 9.56. The molecule has 38 heavy (non-hydrogen) atoms. The van der Waals surface area contributed by atoms with Gasteiger partial charge in [0.1, 0.15) is 0 Å². The van der Waals surface area contributed by atoms with Crippen molar-refractivity contribution >= 4 is 32.6 Å². The highest BCUT2D eigenvalue weighted by molar-refractivity contribution is 6.14. The van der Waals surface area contributed by atoms with Crippen LogP contribution in [0, 0.1) is 11.3 Å². The van der Waals surface area contributed by atoms with Crippen molar-refractivity contribution < 1.29 is 0 Å². The molecule has 1 aromatic heterocycles. The zero-order chi connectivity index (χ0) is 25.5. The Balaban J connectivity index is 1.27. The lowest BCUT2D eigenvalue weighted by atomic mass is 9.93. The Kier molecular flexibility index (Phi) is 5.20. The molecule has 0 bridgehead atoms. The van der Waals surface area contributed by atoms with Gasteiger partial charge in [-0.05, 0) is 74.5 Å². The van der Waals surface area contributed by atoms with Crippen molar-refractivity contribution in [3.63, 3.8) is 0 Å². The summed E-state index contributed by atoms with van der Waals surface area (Å²) in [5.41, 5.74) is 9.66. The van der Waals surface area contributed by atoms with E-state index in [1.54, 1.807) is 0 Å². The predicted octanol–water partition coefficient (Wildman–Crippen LogP) is 9.41. The maximum Gasteiger partial charge on any atom is 0.0991 e. The molecule has 0 spiro atoms. The van der Waals surface area contributed by atoms with E-state index >= 15 is 0 Å². The minimum Gasteiger partial charge on any atom is -0.248 e. The number of aromatic nitrogens is 1. The van der Waals surface area contributed by atoms with Crippen LogP contribution in [0.4, 0.5) is 0 Å². The quantitative estimate of drug-likeness (QED) is 0.186. The van der Waals surface area contributed by atoms with E-state index < -0.39 is 0 Å². The topological polar surface area (TPSA) is 36.7 Å². The third kappa shape index (κ3) is 3.79. The first-order valence-electron chi connectivity index (χ1n) is 12.7. The first-order chi connectivity index (χ1) is 18.8. The summed E-state index contributed by atoms with van der Waals surface area (Å²) in [5, 5.41) is 13.8. The van der Waals surface area contributed by atoms with Crippen LogP contribution in [-0.4, -0.2) is 4.98 Å². The molecule has 0 saturated heterocycles. The number of para-hydroxylation sites is 1. The van der Waals surface area contributed by atoms with Crippen LogP contribution in [0.3, 0.4) is 0 Å². The normalized spacial score (nSPS) is 11.1. The molecule has 0 aliphatic carbocycles. The van der Waals surface area contributed by atoms with Crippen LogP contribution in [0.2, 0.25) is 0 Å². The van der Waals surface area contributed by atoms with Crippen molar-refractivity contribution in [3.05, 3.63) is 139 Å². The van der Waals surface area contributed by atoms with E-state index in [1.165, 1.54) is 38.4 Å². The Morgan fingerprint density at radius 1 is 0.447 bits per heavy atom. The SMILES string of the molecule is N#Cc1ccc(-c2ccc(-c3ccc(-c4cc5nc6ccccc6cc5c5ccccc45)cc3)cc2)cc1. The summed E-state index contributed by atoms with van der Waals surface area (Å²) in [6.07, 6.45) is 0. The van der Waals surface area contributed by atoms with Crippen molar-refractivity contribution in [2.45, 2.75) is 0 Å². The van der Waals surface area contributed by atoms with E-state index in [0.717, 1.165) is 27.5 Å². The van der Waals surface area contributed by atoms with Crippen LogP contribution in [0.5, 0.6) is 0 Å². The molecular formula is C36H22N2. The number of rotatable bonds is 3. The maximum absolute atomic E-state index is 9.04. The molecule has 7 rings (SSSR count). The Hall–Kier alpha value is -5.26. The first-order valence-corrected chi connectivity index (χ1v) is 12.7. The highest BCUT2D eigenvalue weighted by atomic mass is 14.7. The molecule has 2 heteroatoms. The molecule has 0 aliphatic rings. The molecule has 0 atom stereocenters. The fourth-order valence-corrected chi connectivity index (χ4v) is 5.30. The molecule has 0 radical (unpaired) electrons. The first kappa shape index (κ1) is 22.0. The van der Waals surface area contributed by atoms with Crippen molar-refractivity contribution in [2.24, 2.45) is 0 Å². The van der Waals surface area contributed by atoms with Crippen molar-refractivity contribution in [2.75, 3.05) is 0 Å². The summed E-state index contributed by atoms with van der Waals surface area (Å²) in [6.45, 7) is 0. The zero-order valence-electron chi connectivity index (χ0n) is 20.6. The lowest BCUT2D eigenvalue weighted by Crippen LogP contribution is -1.88. The number of hydrogen-bond donors (Lipinski definition) is 0. The molecule has 7 aromatic rings. The van der Waals surface area contributed by atoms with E-state index in [0.29, 0.717) is 5.56 Å². The Bertz CT molecular complexity index is 1990. The van der Waals surface area contributed by atoms with Crippen LogP contribution in [-0.2, 0) is 0 Å². The monoisotopic (exact) mass is 482 g/mol. The number of nitrogens with zero attached hydrogens (tertiary/aromatic N) is 2. The van der Waals surface area contributed by atoms with Gasteiger partial charge in [-0.25, -0.2) is 4.98 Å². The molecule has 0 amide bonds. The summed E-state index contributed by atoms with van der Waals surface area (Å²) < 4.78 is 0. The largest absolute Gasteiger partial charge is 0.248 e. The number of pyridine rings is 1. The highest BCUT2D eigenvalue weighted by Gasteiger charge is 2.11. The Morgan fingerprint density at radius 2 is 0.974 bits per heavy atom. The summed E-state index contributed by atoms with van der Waals surface area (Å²) >= 11 is 0.